The molecule has 1 saturated heterocycles. The normalized spacial score (nSPS) is 20.9. The van der Waals surface area contributed by atoms with Crippen LogP contribution in [-0.4, -0.2) is 53.4 Å². The highest BCUT2D eigenvalue weighted by Gasteiger charge is 2.33. The van der Waals surface area contributed by atoms with E-state index in [-0.39, 0.29) is 23.3 Å². The summed E-state index contributed by atoms with van der Waals surface area (Å²) in [6, 6.07) is 4.99. The summed E-state index contributed by atoms with van der Waals surface area (Å²) in [6.07, 6.45) is 0.0314. The number of hydrogen-bond acceptors (Lipinski definition) is 5. The molecule has 0 saturated carbocycles. The molecule has 0 unspecified atom stereocenters. The molecule has 3 rings (SSSR count). The number of carbonyl (C=O) groups is 2. The van der Waals surface area contributed by atoms with Crippen LogP contribution in [0.25, 0.3) is 0 Å². The van der Waals surface area contributed by atoms with Gasteiger partial charge in [-0.1, -0.05) is 41.0 Å². The molecule has 1 atom stereocenters. The van der Waals surface area contributed by atoms with Crippen LogP contribution in [0.3, 0.4) is 0 Å². The van der Waals surface area contributed by atoms with Gasteiger partial charge in [-0.3, -0.25) is 9.59 Å². The van der Waals surface area contributed by atoms with Crippen LogP contribution in [0.4, 0.5) is 5.69 Å². The Labute approximate surface area is 153 Å². The second-order valence-corrected chi connectivity index (χ2v) is 7.25. The molecular formula is C15H15Cl2N3O3S. The topological polar surface area (TPSA) is 71.0 Å². The molecule has 1 fully saturated rings. The number of halogens is 2. The highest BCUT2D eigenvalue weighted by atomic mass is 35.5. The summed E-state index contributed by atoms with van der Waals surface area (Å²) in [5, 5.41) is 3.48. The first-order valence-corrected chi connectivity index (χ1v) is 9.04. The molecule has 1 aromatic carbocycles. The number of aliphatic imine (C=N–C) groups is 1. The Morgan fingerprint density at radius 1 is 1.38 bits per heavy atom. The summed E-state index contributed by atoms with van der Waals surface area (Å²) in [4.78, 5) is 30.3. The standard InChI is InChI=1S/C15H15Cl2N3O3S/c16-9-2-1-3-10(13(9)17)18-12(21)8-11-14(22)19-15(24-11)20-4-6-23-7-5-20/h1-3,11H,4-8H2,(H,18,21)/t11-/m1/s1. The van der Waals surface area contributed by atoms with Crippen molar-refractivity contribution in [3.8, 4) is 0 Å². The van der Waals surface area contributed by atoms with Gasteiger partial charge in [0.05, 0.1) is 28.9 Å². The molecule has 0 bridgehead atoms. The molecule has 1 aromatic rings. The van der Waals surface area contributed by atoms with Crippen molar-refractivity contribution in [3.05, 3.63) is 28.2 Å². The van der Waals surface area contributed by atoms with Gasteiger partial charge in [-0.15, -0.1) is 0 Å². The number of anilines is 1. The van der Waals surface area contributed by atoms with Crippen molar-refractivity contribution < 1.29 is 14.3 Å². The molecule has 1 N–H and O–H groups in total. The second-order valence-electron chi connectivity index (χ2n) is 5.29. The second kappa shape index (κ2) is 7.74. The first-order valence-electron chi connectivity index (χ1n) is 7.40. The summed E-state index contributed by atoms with van der Waals surface area (Å²) >= 11 is 13.3. The van der Waals surface area contributed by atoms with Crippen LogP contribution in [0, 0.1) is 0 Å². The van der Waals surface area contributed by atoms with Crippen molar-refractivity contribution in [3.63, 3.8) is 0 Å². The van der Waals surface area contributed by atoms with Gasteiger partial charge in [0.25, 0.3) is 5.91 Å². The number of hydrogen-bond donors (Lipinski definition) is 1. The smallest absolute Gasteiger partial charge is 0.262 e. The summed E-state index contributed by atoms with van der Waals surface area (Å²) in [6.45, 7) is 2.64. The van der Waals surface area contributed by atoms with Gasteiger partial charge in [0, 0.05) is 19.5 Å². The lowest BCUT2D eigenvalue weighted by Gasteiger charge is -2.27. The third kappa shape index (κ3) is 4.03. The van der Waals surface area contributed by atoms with E-state index in [1.807, 2.05) is 4.90 Å². The fourth-order valence-corrected chi connectivity index (χ4v) is 3.83. The molecule has 0 aliphatic carbocycles. The summed E-state index contributed by atoms with van der Waals surface area (Å²) in [5.41, 5.74) is 0.430. The van der Waals surface area contributed by atoms with Gasteiger partial charge in [0.2, 0.25) is 5.91 Å². The van der Waals surface area contributed by atoms with Crippen molar-refractivity contribution >= 4 is 57.6 Å². The maximum absolute atomic E-state index is 12.2. The number of nitrogens with zero attached hydrogens (tertiary/aromatic N) is 2. The number of amides is 2. The van der Waals surface area contributed by atoms with Crippen molar-refractivity contribution in [1.82, 2.24) is 4.90 Å². The molecule has 0 radical (unpaired) electrons. The largest absolute Gasteiger partial charge is 0.378 e. The van der Waals surface area contributed by atoms with E-state index in [1.54, 1.807) is 18.2 Å². The van der Waals surface area contributed by atoms with Gasteiger partial charge in [0.1, 0.15) is 5.25 Å². The third-order valence-corrected chi connectivity index (χ3v) is 5.64. The Morgan fingerprint density at radius 2 is 2.12 bits per heavy atom. The number of thioether (sulfide) groups is 1. The molecule has 0 spiro atoms. The highest BCUT2D eigenvalue weighted by Crippen LogP contribution is 2.31. The first-order chi connectivity index (χ1) is 11.5. The van der Waals surface area contributed by atoms with Crippen LogP contribution in [0.1, 0.15) is 6.42 Å². The minimum absolute atomic E-state index is 0.0314. The van der Waals surface area contributed by atoms with Crippen molar-refractivity contribution in [2.45, 2.75) is 11.7 Å². The van der Waals surface area contributed by atoms with E-state index in [4.69, 9.17) is 27.9 Å². The van der Waals surface area contributed by atoms with Crippen molar-refractivity contribution in [2.24, 2.45) is 4.99 Å². The van der Waals surface area contributed by atoms with Gasteiger partial charge in [0.15, 0.2) is 5.17 Å². The average Bonchev–Trinajstić information content (AvgIpc) is 2.93. The van der Waals surface area contributed by atoms with E-state index in [9.17, 15) is 9.59 Å². The predicted molar refractivity (Wildman–Crippen MR) is 95.9 cm³/mol. The summed E-state index contributed by atoms with van der Waals surface area (Å²) < 4.78 is 5.29. The lowest BCUT2D eigenvalue weighted by molar-refractivity contribution is -0.121. The highest BCUT2D eigenvalue weighted by molar-refractivity contribution is 8.15. The van der Waals surface area contributed by atoms with Crippen LogP contribution in [-0.2, 0) is 14.3 Å². The molecule has 2 aliphatic heterocycles. The van der Waals surface area contributed by atoms with Gasteiger partial charge in [-0.2, -0.15) is 4.99 Å². The quantitative estimate of drug-likeness (QED) is 0.862. The van der Waals surface area contributed by atoms with E-state index < -0.39 is 5.25 Å². The number of carbonyl (C=O) groups excluding carboxylic acids is 2. The van der Waals surface area contributed by atoms with Crippen LogP contribution in [0.2, 0.25) is 10.0 Å². The molecule has 0 aromatic heterocycles. The van der Waals surface area contributed by atoms with Crippen LogP contribution in [0.15, 0.2) is 23.2 Å². The van der Waals surface area contributed by atoms with Crippen LogP contribution >= 0.6 is 35.0 Å². The molecule has 6 nitrogen and oxygen atoms in total. The van der Waals surface area contributed by atoms with Gasteiger partial charge in [-0.25, -0.2) is 0 Å². The van der Waals surface area contributed by atoms with Crippen molar-refractivity contribution in [2.75, 3.05) is 31.6 Å². The predicted octanol–water partition coefficient (Wildman–Crippen LogP) is 2.65. The first kappa shape index (κ1) is 17.5. The summed E-state index contributed by atoms with van der Waals surface area (Å²) in [7, 11) is 0. The van der Waals surface area contributed by atoms with E-state index in [2.05, 4.69) is 10.3 Å². The minimum Gasteiger partial charge on any atom is -0.378 e. The van der Waals surface area contributed by atoms with Crippen LogP contribution in [0.5, 0.6) is 0 Å². The van der Waals surface area contributed by atoms with E-state index in [0.717, 1.165) is 0 Å². The molecular weight excluding hydrogens is 373 g/mol. The Balaban J connectivity index is 1.57. The fraction of sp³-hybridized carbons (Fsp3) is 0.400. The zero-order valence-electron chi connectivity index (χ0n) is 12.6. The summed E-state index contributed by atoms with van der Waals surface area (Å²) in [5.74, 6) is -0.586. The SMILES string of the molecule is O=C(C[C@H]1SC(N2CCOCC2)=NC1=O)Nc1cccc(Cl)c1Cl. The number of amidine groups is 1. The minimum atomic E-state index is -0.513. The van der Waals surface area contributed by atoms with E-state index in [1.165, 1.54) is 11.8 Å². The van der Waals surface area contributed by atoms with Gasteiger partial charge in [-0.05, 0) is 12.1 Å². The zero-order valence-corrected chi connectivity index (χ0v) is 15.0. The lowest BCUT2D eigenvalue weighted by Crippen LogP contribution is -2.39. The molecule has 2 amide bonds. The average molecular weight is 388 g/mol. The van der Waals surface area contributed by atoms with E-state index >= 15 is 0 Å². The third-order valence-electron chi connectivity index (χ3n) is 3.61. The number of morpholine rings is 1. The number of ether oxygens (including phenoxy) is 1. The Bertz CT molecular complexity index is 693. The fourth-order valence-electron chi connectivity index (χ4n) is 2.37. The molecule has 2 heterocycles. The Morgan fingerprint density at radius 3 is 2.88 bits per heavy atom. The lowest BCUT2D eigenvalue weighted by atomic mass is 10.2. The van der Waals surface area contributed by atoms with E-state index in [0.29, 0.717) is 42.2 Å². The molecule has 2 aliphatic rings. The van der Waals surface area contributed by atoms with Crippen LogP contribution < -0.4 is 5.32 Å². The number of benzene rings is 1. The molecule has 128 valence electrons. The van der Waals surface area contributed by atoms with Gasteiger partial charge >= 0.3 is 0 Å². The maximum atomic E-state index is 12.2. The van der Waals surface area contributed by atoms with Gasteiger partial charge < -0.3 is 15.0 Å². The van der Waals surface area contributed by atoms with Crippen molar-refractivity contribution in [1.29, 1.82) is 0 Å². The number of rotatable bonds is 3. The Hall–Kier alpha value is -1.28. The maximum Gasteiger partial charge on any atom is 0.262 e. The molecule has 9 heteroatoms. The monoisotopic (exact) mass is 387 g/mol. The Kier molecular flexibility index (Phi) is 5.65. The number of nitrogens with one attached hydrogen (secondary N) is 1. The molecule has 24 heavy (non-hydrogen) atoms. The zero-order chi connectivity index (χ0) is 17.1.